The molecule has 1 aliphatic heterocycles. The van der Waals surface area contributed by atoms with Gasteiger partial charge in [-0.2, -0.15) is 5.26 Å². The zero-order valence-corrected chi connectivity index (χ0v) is 19.9. The second-order valence-electron chi connectivity index (χ2n) is 8.51. The number of nitrogens with zero attached hydrogens (tertiary/aromatic N) is 4. The van der Waals surface area contributed by atoms with Crippen molar-refractivity contribution in [3.8, 4) is 17.2 Å². The molecule has 7 nitrogen and oxygen atoms in total. The first-order valence-electron chi connectivity index (χ1n) is 11.2. The number of hydrogen-bond donors (Lipinski definition) is 2. The summed E-state index contributed by atoms with van der Waals surface area (Å²) in [7, 11) is 0. The fourth-order valence-electron chi connectivity index (χ4n) is 4.41. The highest BCUT2D eigenvalue weighted by Crippen LogP contribution is 2.43. The third-order valence-corrected chi connectivity index (χ3v) is 7.40. The first kappa shape index (κ1) is 22.6. The summed E-state index contributed by atoms with van der Waals surface area (Å²) >= 11 is 1.20. The van der Waals surface area contributed by atoms with Gasteiger partial charge in [-0.3, -0.25) is 4.79 Å². The Balaban J connectivity index is 1.49. The highest BCUT2D eigenvalue weighted by atomic mass is 32.1. The maximum absolute atomic E-state index is 13.5. The smallest absolute Gasteiger partial charge is 0.266 e. The SMILES string of the molecule is Cc1ccc(-c2c(C#N)c(N)nc3sc(C(=O)N4CCN(c5ccc(F)cc5)CC4)c(N)c23)cc1. The lowest BCUT2D eigenvalue weighted by atomic mass is 9.96. The van der Waals surface area contributed by atoms with E-state index < -0.39 is 0 Å². The number of benzene rings is 2. The monoisotopic (exact) mass is 486 g/mol. The van der Waals surface area contributed by atoms with Crippen molar-refractivity contribution in [3.63, 3.8) is 0 Å². The predicted molar refractivity (Wildman–Crippen MR) is 138 cm³/mol. The van der Waals surface area contributed by atoms with E-state index in [9.17, 15) is 14.4 Å². The summed E-state index contributed by atoms with van der Waals surface area (Å²) in [4.78, 5) is 22.7. The number of fused-ring (bicyclic) bond motifs is 1. The van der Waals surface area contributed by atoms with Gasteiger partial charge < -0.3 is 21.3 Å². The molecule has 0 radical (unpaired) electrons. The van der Waals surface area contributed by atoms with Crippen LogP contribution in [0.3, 0.4) is 0 Å². The molecule has 0 unspecified atom stereocenters. The van der Waals surface area contributed by atoms with Crippen molar-refractivity contribution in [2.24, 2.45) is 0 Å². The first-order valence-corrected chi connectivity index (χ1v) is 12.0. The summed E-state index contributed by atoms with van der Waals surface area (Å²) in [5.41, 5.74) is 16.6. The van der Waals surface area contributed by atoms with Crippen molar-refractivity contribution in [3.05, 3.63) is 70.4 Å². The van der Waals surface area contributed by atoms with Gasteiger partial charge in [-0.05, 0) is 36.8 Å². The maximum atomic E-state index is 13.5. The molecular weight excluding hydrogens is 463 g/mol. The minimum Gasteiger partial charge on any atom is -0.397 e. The molecule has 35 heavy (non-hydrogen) atoms. The van der Waals surface area contributed by atoms with E-state index in [1.165, 1.54) is 23.5 Å². The van der Waals surface area contributed by atoms with Crippen LogP contribution in [0.25, 0.3) is 21.3 Å². The lowest BCUT2D eigenvalue weighted by Gasteiger charge is -2.36. The number of aryl methyl sites for hydroxylation is 1. The van der Waals surface area contributed by atoms with Crippen molar-refractivity contribution in [1.29, 1.82) is 5.26 Å². The molecule has 2 aromatic carbocycles. The molecule has 0 atom stereocenters. The quantitative estimate of drug-likeness (QED) is 0.444. The number of nitriles is 1. The second-order valence-corrected chi connectivity index (χ2v) is 9.50. The van der Waals surface area contributed by atoms with Crippen LogP contribution in [-0.4, -0.2) is 42.0 Å². The summed E-state index contributed by atoms with van der Waals surface area (Å²) in [5.74, 6) is -0.332. The van der Waals surface area contributed by atoms with E-state index in [4.69, 9.17) is 11.5 Å². The summed E-state index contributed by atoms with van der Waals surface area (Å²) in [6.45, 7) is 4.25. The number of nitrogens with two attached hydrogens (primary N) is 2. The summed E-state index contributed by atoms with van der Waals surface area (Å²) in [5, 5.41) is 10.4. The van der Waals surface area contributed by atoms with Gasteiger partial charge in [0.25, 0.3) is 5.91 Å². The largest absolute Gasteiger partial charge is 0.397 e. The van der Waals surface area contributed by atoms with Crippen molar-refractivity contribution in [2.75, 3.05) is 42.5 Å². The molecule has 9 heteroatoms. The van der Waals surface area contributed by atoms with Crippen molar-refractivity contribution >= 4 is 44.7 Å². The van der Waals surface area contributed by atoms with Gasteiger partial charge in [-0.1, -0.05) is 29.8 Å². The van der Waals surface area contributed by atoms with Gasteiger partial charge in [0.2, 0.25) is 0 Å². The van der Waals surface area contributed by atoms with Crippen LogP contribution in [0.1, 0.15) is 20.8 Å². The standard InChI is InChI=1S/C26H23FN6OS/c1-15-2-4-16(5-3-15)20-19(14-28)24(30)31-25-21(20)22(29)23(35-25)26(34)33-12-10-32(11-13-33)18-8-6-17(27)7-9-18/h2-9H,10-13,29H2,1H3,(H2,30,31). The summed E-state index contributed by atoms with van der Waals surface area (Å²) in [6.07, 6.45) is 0. The maximum Gasteiger partial charge on any atom is 0.266 e. The van der Waals surface area contributed by atoms with Gasteiger partial charge in [0.15, 0.2) is 0 Å². The Morgan fingerprint density at radius 3 is 2.34 bits per heavy atom. The fraction of sp³-hybridized carbons (Fsp3) is 0.192. The van der Waals surface area contributed by atoms with Gasteiger partial charge in [-0.15, -0.1) is 11.3 Å². The van der Waals surface area contributed by atoms with Crippen molar-refractivity contribution < 1.29 is 9.18 Å². The molecule has 1 fully saturated rings. The number of carbonyl (C=O) groups is 1. The number of halogens is 1. The third kappa shape index (κ3) is 4.02. The predicted octanol–water partition coefficient (Wildman–Crippen LogP) is 4.41. The molecule has 0 bridgehead atoms. The van der Waals surface area contributed by atoms with Gasteiger partial charge in [-0.25, -0.2) is 9.37 Å². The molecule has 0 spiro atoms. The van der Waals surface area contributed by atoms with Gasteiger partial charge >= 0.3 is 0 Å². The van der Waals surface area contributed by atoms with Crippen LogP contribution >= 0.6 is 11.3 Å². The van der Waals surface area contributed by atoms with E-state index in [0.29, 0.717) is 52.5 Å². The average molecular weight is 487 g/mol. The molecule has 176 valence electrons. The second kappa shape index (κ2) is 8.89. The van der Waals surface area contributed by atoms with Crippen LogP contribution in [0, 0.1) is 24.1 Å². The topological polar surface area (TPSA) is 112 Å². The number of pyridine rings is 1. The van der Waals surface area contributed by atoms with E-state index >= 15 is 0 Å². The molecule has 0 saturated carbocycles. The molecule has 4 N–H and O–H groups in total. The molecule has 1 amide bonds. The van der Waals surface area contributed by atoms with Gasteiger partial charge in [0.1, 0.15) is 33.0 Å². The van der Waals surface area contributed by atoms with Gasteiger partial charge in [0.05, 0.1) is 5.69 Å². The Hall–Kier alpha value is -4.16. The number of anilines is 3. The average Bonchev–Trinajstić information content (AvgIpc) is 3.19. The number of aromatic nitrogens is 1. The summed E-state index contributed by atoms with van der Waals surface area (Å²) < 4.78 is 13.2. The number of amides is 1. The Bertz CT molecular complexity index is 1470. The fourth-order valence-corrected chi connectivity index (χ4v) is 5.49. The van der Waals surface area contributed by atoms with E-state index in [2.05, 4.69) is 16.0 Å². The molecule has 2 aromatic heterocycles. The van der Waals surface area contributed by atoms with E-state index in [1.807, 2.05) is 31.2 Å². The van der Waals surface area contributed by atoms with Crippen LogP contribution in [-0.2, 0) is 0 Å². The Labute approximate surface area is 206 Å². The van der Waals surface area contributed by atoms with Crippen LogP contribution in [0.5, 0.6) is 0 Å². The molecular formula is C26H23FN6OS. The van der Waals surface area contributed by atoms with Crippen LogP contribution in [0.2, 0.25) is 0 Å². The van der Waals surface area contributed by atoms with E-state index in [-0.39, 0.29) is 23.1 Å². The molecule has 1 aliphatic rings. The van der Waals surface area contributed by atoms with E-state index in [0.717, 1.165) is 16.8 Å². The zero-order chi connectivity index (χ0) is 24.7. The van der Waals surface area contributed by atoms with Crippen LogP contribution in [0.4, 0.5) is 21.6 Å². The number of hydrogen-bond acceptors (Lipinski definition) is 7. The van der Waals surface area contributed by atoms with Gasteiger partial charge in [0, 0.05) is 42.8 Å². The van der Waals surface area contributed by atoms with Crippen LogP contribution < -0.4 is 16.4 Å². The highest BCUT2D eigenvalue weighted by Gasteiger charge is 2.28. The molecule has 1 saturated heterocycles. The molecule has 0 aliphatic carbocycles. The first-order chi connectivity index (χ1) is 16.9. The number of nitrogen functional groups attached to an aromatic ring is 2. The lowest BCUT2D eigenvalue weighted by Crippen LogP contribution is -2.48. The molecule has 3 heterocycles. The third-order valence-electron chi connectivity index (χ3n) is 6.31. The van der Waals surface area contributed by atoms with Crippen molar-refractivity contribution in [1.82, 2.24) is 9.88 Å². The molecule has 5 rings (SSSR count). The zero-order valence-electron chi connectivity index (χ0n) is 19.1. The normalized spacial score (nSPS) is 13.7. The Kier molecular flexibility index (Phi) is 5.75. The van der Waals surface area contributed by atoms with Crippen molar-refractivity contribution in [2.45, 2.75) is 6.92 Å². The Morgan fingerprint density at radius 2 is 1.71 bits per heavy atom. The highest BCUT2D eigenvalue weighted by molar-refractivity contribution is 7.21. The number of rotatable bonds is 3. The summed E-state index contributed by atoms with van der Waals surface area (Å²) in [6, 6.07) is 16.2. The van der Waals surface area contributed by atoms with E-state index in [1.54, 1.807) is 17.0 Å². The Morgan fingerprint density at radius 1 is 1.06 bits per heavy atom. The lowest BCUT2D eigenvalue weighted by molar-refractivity contribution is 0.0752. The number of carbonyl (C=O) groups excluding carboxylic acids is 1. The minimum absolute atomic E-state index is 0.115. The van der Waals surface area contributed by atoms with Crippen LogP contribution in [0.15, 0.2) is 48.5 Å². The minimum atomic E-state index is -0.276. The molecule has 4 aromatic rings. The number of piperazine rings is 1. The number of thiophene rings is 1.